The van der Waals surface area contributed by atoms with Gasteiger partial charge in [-0.1, -0.05) is 36.2 Å². The summed E-state index contributed by atoms with van der Waals surface area (Å²) >= 11 is 7.71. The van der Waals surface area contributed by atoms with Gasteiger partial charge in [0.25, 0.3) is 5.91 Å². The Labute approximate surface area is 197 Å². The number of nitrogens with zero attached hydrogens (tertiary/aromatic N) is 3. The van der Waals surface area contributed by atoms with Gasteiger partial charge in [-0.05, 0) is 56.6 Å². The minimum absolute atomic E-state index is 0.0357. The fraction of sp³-hybridized carbons (Fsp3) is 0.571. The molecule has 0 radical (unpaired) electrons. The number of aryl methyl sites for hydroxylation is 1. The molecule has 2 fully saturated rings. The summed E-state index contributed by atoms with van der Waals surface area (Å²) in [5, 5.41) is 12.6. The lowest BCUT2D eigenvalue weighted by Crippen LogP contribution is -2.28. The highest BCUT2D eigenvalue weighted by molar-refractivity contribution is 7.98. The second kappa shape index (κ2) is 10.1. The first-order valence-electron chi connectivity index (χ1n) is 11.0. The first kappa shape index (κ1) is 23.5. The number of hydrogen-bond acceptors (Lipinski definition) is 6. The zero-order chi connectivity index (χ0) is 22.7. The molecule has 32 heavy (non-hydrogen) atoms. The van der Waals surface area contributed by atoms with E-state index in [0.29, 0.717) is 19.0 Å². The molecule has 0 unspecified atom stereocenters. The monoisotopic (exact) mass is 497 g/mol. The number of carbonyl (C=O) groups is 1. The first-order chi connectivity index (χ1) is 15.4. The van der Waals surface area contributed by atoms with E-state index in [1.807, 2.05) is 6.26 Å². The Morgan fingerprint density at radius 1 is 1.22 bits per heavy atom. The summed E-state index contributed by atoms with van der Waals surface area (Å²) in [5.74, 6) is 0.633. The van der Waals surface area contributed by atoms with Gasteiger partial charge >= 0.3 is 0 Å². The lowest BCUT2D eigenvalue weighted by atomic mass is 10.2. The quantitative estimate of drug-likeness (QED) is 0.384. The van der Waals surface area contributed by atoms with Crippen LogP contribution in [0.4, 0.5) is 0 Å². The Balaban J connectivity index is 1.35. The topological polar surface area (TPSA) is 106 Å². The predicted molar refractivity (Wildman–Crippen MR) is 125 cm³/mol. The second-order valence-electron chi connectivity index (χ2n) is 8.31. The maximum absolute atomic E-state index is 12.6. The Morgan fingerprint density at radius 2 is 1.97 bits per heavy atom. The second-order valence-corrected chi connectivity index (χ2v) is 11.2. The summed E-state index contributed by atoms with van der Waals surface area (Å²) in [5.41, 5.74) is 0.268. The third kappa shape index (κ3) is 5.47. The molecule has 0 atom stereocenters. The van der Waals surface area contributed by atoms with Crippen LogP contribution in [-0.2, 0) is 16.4 Å². The molecule has 4 rings (SSSR count). The molecule has 2 aliphatic carbocycles. The van der Waals surface area contributed by atoms with Gasteiger partial charge in [-0.15, -0.1) is 10.2 Å². The average molecular weight is 498 g/mol. The molecule has 2 saturated carbocycles. The molecular weight excluding hydrogens is 470 g/mol. The molecule has 1 aromatic heterocycles. The van der Waals surface area contributed by atoms with Crippen molar-refractivity contribution in [2.24, 2.45) is 0 Å². The summed E-state index contributed by atoms with van der Waals surface area (Å²) in [6, 6.07) is 4.76. The Bertz CT molecular complexity index is 1080. The standard InChI is InChI=1S/C21H28ClN5O3S2/c1-31-21-25-24-19(27(21)16-5-2-3-6-16)7-4-12-23-20(28)14-8-11-17(22)18(13-14)32(29,30)26-15-9-10-15/h8,11,13,15-16,26H,2-7,9-10,12H2,1H3,(H,23,28). The van der Waals surface area contributed by atoms with Gasteiger partial charge in [0.2, 0.25) is 10.0 Å². The van der Waals surface area contributed by atoms with Crippen molar-refractivity contribution >= 4 is 39.3 Å². The molecule has 2 N–H and O–H groups in total. The van der Waals surface area contributed by atoms with Crippen LogP contribution in [0, 0.1) is 0 Å². The van der Waals surface area contributed by atoms with E-state index >= 15 is 0 Å². The number of thioether (sulfide) groups is 1. The van der Waals surface area contributed by atoms with Crippen LogP contribution in [0.25, 0.3) is 0 Å². The molecule has 1 heterocycles. The highest BCUT2D eigenvalue weighted by Crippen LogP contribution is 2.33. The third-order valence-corrected chi connectivity index (χ3v) is 8.50. The summed E-state index contributed by atoms with van der Waals surface area (Å²) in [6.45, 7) is 0.454. The molecule has 2 aromatic rings. The number of hydrogen-bond donors (Lipinski definition) is 2. The lowest BCUT2D eigenvalue weighted by Gasteiger charge is -2.16. The molecule has 0 spiro atoms. The van der Waals surface area contributed by atoms with E-state index in [9.17, 15) is 13.2 Å². The SMILES string of the molecule is CSc1nnc(CCCNC(=O)c2ccc(Cl)c(S(=O)(=O)NC3CC3)c2)n1C1CCCC1. The van der Waals surface area contributed by atoms with Crippen molar-refractivity contribution in [3.63, 3.8) is 0 Å². The Hall–Kier alpha value is -1.62. The van der Waals surface area contributed by atoms with E-state index in [2.05, 4.69) is 24.8 Å². The molecule has 174 valence electrons. The van der Waals surface area contributed by atoms with Gasteiger partial charge < -0.3 is 9.88 Å². The smallest absolute Gasteiger partial charge is 0.251 e. The van der Waals surface area contributed by atoms with Crippen molar-refractivity contribution in [1.29, 1.82) is 0 Å². The molecule has 2 aliphatic rings. The Morgan fingerprint density at radius 3 is 2.66 bits per heavy atom. The van der Waals surface area contributed by atoms with Crippen molar-refractivity contribution < 1.29 is 13.2 Å². The third-order valence-electron chi connectivity index (χ3n) is 5.85. The summed E-state index contributed by atoms with van der Waals surface area (Å²) in [7, 11) is -3.74. The number of carbonyl (C=O) groups excluding carboxylic acids is 1. The first-order valence-corrected chi connectivity index (χ1v) is 14.1. The fourth-order valence-electron chi connectivity index (χ4n) is 4.03. The van der Waals surface area contributed by atoms with E-state index in [-0.39, 0.29) is 27.4 Å². The van der Waals surface area contributed by atoms with Crippen LogP contribution in [0.15, 0.2) is 28.3 Å². The molecular formula is C21H28ClN5O3S2. The van der Waals surface area contributed by atoms with Crippen LogP contribution in [0.1, 0.15) is 67.2 Å². The van der Waals surface area contributed by atoms with Gasteiger partial charge in [-0.25, -0.2) is 13.1 Å². The highest BCUT2D eigenvalue weighted by Gasteiger charge is 2.29. The molecule has 11 heteroatoms. The number of benzene rings is 1. The van der Waals surface area contributed by atoms with E-state index < -0.39 is 10.0 Å². The number of rotatable bonds is 10. The van der Waals surface area contributed by atoms with Crippen LogP contribution < -0.4 is 10.0 Å². The van der Waals surface area contributed by atoms with E-state index in [0.717, 1.165) is 43.1 Å². The number of nitrogens with one attached hydrogen (secondary N) is 2. The van der Waals surface area contributed by atoms with Crippen LogP contribution in [0.5, 0.6) is 0 Å². The maximum Gasteiger partial charge on any atom is 0.251 e. The van der Waals surface area contributed by atoms with Gasteiger partial charge in [0.15, 0.2) is 5.16 Å². The molecule has 8 nitrogen and oxygen atoms in total. The predicted octanol–water partition coefficient (Wildman–Crippen LogP) is 3.57. The minimum Gasteiger partial charge on any atom is -0.352 e. The summed E-state index contributed by atoms with van der Waals surface area (Å²) in [4.78, 5) is 12.5. The minimum atomic E-state index is -3.74. The van der Waals surface area contributed by atoms with E-state index in [1.165, 1.54) is 31.0 Å². The van der Waals surface area contributed by atoms with Crippen molar-refractivity contribution in [2.45, 2.75) is 73.5 Å². The van der Waals surface area contributed by atoms with E-state index in [1.54, 1.807) is 11.8 Å². The van der Waals surface area contributed by atoms with Gasteiger partial charge in [0.1, 0.15) is 10.7 Å². The molecule has 0 bridgehead atoms. The largest absolute Gasteiger partial charge is 0.352 e. The summed E-state index contributed by atoms with van der Waals surface area (Å²) < 4.78 is 29.9. The van der Waals surface area contributed by atoms with Gasteiger partial charge in [-0.2, -0.15) is 0 Å². The zero-order valence-corrected chi connectivity index (χ0v) is 20.4. The number of amides is 1. The normalized spacial score (nSPS) is 17.1. The lowest BCUT2D eigenvalue weighted by molar-refractivity contribution is 0.0953. The van der Waals surface area contributed by atoms with Crippen molar-refractivity contribution in [1.82, 2.24) is 24.8 Å². The van der Waals surface area contributed by atoms with Gasteiger partial charge in [-0.3, -0.25) is 4.79 Å². The molecule has 0 saturated heterocycles. The summed E-state index contributed by atoms with van der Waals surface area (Å²) in [6.07, 6.45) is 9.89. The molecule has 1 amide bonds. The number of aromatic nitrogens is 3. The average Bonchev–Trinajstić information content (AvgIpc) is 3.25. The van der Waals surface area contributed by atoms with E-state index in [4.69, 9.17) is 11.6 Å². The van der Waals surface area contributed by atoms with Gasteiger partial charge in [0, 0.05) is 30.6 Å². The highest BCUT2D eigenvalue weighted by atomic mass is 35.5. The van der Waals surface area contributed by atoms with Crippen molar-refractivity contribution in [3.05, 3.63) is 34.6 Å². The number of halogens is 1. The van der Waals surface area contributed by atoms with Crippen LogP contribution >= 0.6 is 23.4 Å². The molecule has 0 aliphatic heterocycles. The van der Waals surface area contributed by atoms with Crippen LogP contribution in [0.2, 0.25) is 5.02 Å². The zero-order valence-electron chi connectivity index (χ0n) is 18.0. The van der Waals surface area contributed by atoms with Crippen molar-refractivity contribution in [3.8, 4) is 0 Å². The molecule has 1 aromatic carbocycles. The van der Waals surface area contributed by atoms with Crippen molar-refractivity contribution in [2.75, 3.05) is 12.8 Å². The number of sulfonamides is 1. The van der Waals surface area contributed by atoms with Crippen LogP contribution in [-0.4, -0.2) is 47.9 Å². The Kier molecular flexibility index (Phi) is 7.44. The van der Waals surface area contributed by atoms with Crippen LogP contribution in [0.3, 0.4) is 0 Å². The van der Waals surface area contributed by atoms with Gasteiger partial charge in [0.05, 0.1) is 5.02 Å². The fourth-order valence-corrected chi connectivity index (χ4v) is 6.44. The maximum atomic E-state index is 12.6.